The summed E-state index contributed by atoms with van der Waals surface area (Å²) in [7, 11) is 0. The van der Waals surface area contributed by atoms with Gasteiger partial charge in [-0.15, -0.1) is 0 Å². The third kappa shape index (κ3) is 11.1. The summed E-state index contributed by atoms with van der Waals surface area (Å²) in [6, 6.07) is 4.10. The summed E-state index contributed by atoms with van der Waals surface area (Å²) in [6.07, 6.45) is 3.48. The van der Waals surface area contributed by atoms with Crippen LogP contribution >= 0.6 is 0 Å². The average molecular weight is 560 g/mol. The lowest BCUT2D eigenvalue weighted by Gasteiger charge is -2.40. The molecule has 0 aliphatic heterocycles. The molecule has 0 aromatic heterocycles. The highest BCUT2D eigenvalue weighted by Crippen LogP contribution is 2.31. The van der Waals surface area contributed by atoms with E-state index in [2.05, 4.69) is 31.4 Å². The Bertz CT molecular complexity index is 969. The number of carbonyl (C=O) groups excluding carboxylic acids is 3. The Morgan fingerprint density at radius 2 is 1.55 bits per heavy atom. The topological polar surface area (TPSA) is 87.7 Å². The van der Waals surface area contributed by atoms with Crippen molar-refractivity contribution in [2.75, 3.05) is 0 Å². The number of hydrogen-bond acceptors (Lipinski definition) is 4. The number of benzene rings is 1. The number of amides is 3. The van der Waals surface area contributed by atoms with Gasteiger partial charge >= 0.3 is 6.09 Å². The highest BCUT2D eigenvalue weighted by molar-refractivity contribution is 5.93. The number of rotatable bonds is 14. The summed E-state index contributed by atoms with van der Waals surface area (Å²) in [5.41, 5.74) is 2.08. The molecular weight excluding hydrogens is 502 g/mol. The molecule has 1 rings (SSSR count). The molecule has 40 heavy (non-hydrogen) atoms. The highest BCUT2D eigenvalue weighted by atomic mass is 16.6. The smallest absolute Gasteiger partial charge is 0.408 e. The lowest BCUT2D eigenvalue weighted by atomic mass is 9.91. The Kier molecular flexibility index (Phi) is 14.2. The Morgan fingerprint density at radius 3 is 2.08 bits per heavy atom. The standard InChI is InChI=1S/C33H57N3O4/c1-13-15-25(8)34-30(37)29(27-20-22(5)17-18-24(27)7)36(26(9)19-16-21(3)4)31(38)28(23(6)14-2)35-32(39)40-33(10,11)12/h17-18,20-21,23,25-26,28-29H,13-16,19H2,1-12H3,(H,34,37)(H,35,39). The van der Waals surface area contributed by atoms with E-state index in [1.165, 1.54) is 0 Å². The van der Waals surface area contributed by atoms with Gasteiger partial charge in [0.1, 0.15) is 17.7 Å². The first-order valence-corrected chi connectivity index (χ1v) is 15.2. The molecule has 228 valence electrons. The minimum atomic E-state index is -0.838. The number of nitrogens with one attached hydrogen (secondary N) is 2. The first-order chi connectivity index (χ1) is 18.5. The van der Waals surface area contributed by atoms with Gasteiger partial charge in [-0.3, -0.25) is 9.59 Å². The van der Waals surface area contributed by atoms with E-state index >= 15 is 0 Å². The second-order valence-electron chi connectivity index (χ2n) is 13.0. The fourth-order valence-corrected chi connectivity index (χ4v) is 4.89. The average Bonchev–Trinajstić information content (AvgIpc) is 2.84. The summed E-state index contributed by atoms with van der Waals surface area (Å²) in [5.74, 6) is -0.177. The van der Waals surface area contributed by atoms with Crippen LogP contribution in [0.4, 0.5) is 4.79 Å². The second-order valence-corrected chi connectivity index (χ2v) is 13.0. The zero-order chi connectivity index (χ0) is 30.8. The van der Waals surface area contributed by atoms with Crippen LogP contribution in [0.15, 0.2) is 18.2 Å². The molecule has 2 N–H and O–H groups in total. The molecule has 5 unspecified atom stereocenters. The molecule has 7 nitrogen and oxygen atoms in total. The Balaban J connectivity index is 3.76. The van der Waals surface area contributed by atoms with Crippen molar-refractivity contribution in [1.82, 2.24) is 15.5 Å². The van der Waals surface area contributed by atoms with E-state index in [1.54, 1.807) is 25.7 Å². The molecule has 0 aliphatic rings. The van der Waals surface area contributed by atoms with Crippen molar-refractivity contribution in [3.63, 3.8) is 0 Å². The van der Waals surface area contributed by atoms with Crippen molar-refractivity contribution in [3.05, 3.63) is 34.9 Å². The molecule has 0 bridgehead atoms. The van der Waals surface area contributed by atoms with Crippen molar-refractivity contribution in [2.45, 2.75) is 145 Å². The quantitative estimate of drug-likeness (QED) is 0.251. The monoisotopic (exact) mass is 559 g/mol. The fourth-order valence-electron chi connectivity index (χ4n) is 4.89. The lowest BCUT2D eigenvalue weighted by Crippen LogP contribution is -2.57. The van der Waals surface area contributed by atoms with Crippen LogP contribution in [0.3, 0.4) is 0 Å². The number of ether oxygens (including phenoxy) is 1. The summed E-state index contributed by atoms with van der Waals surface area (Å²) in [5, 5.41) is 6.06. The Hall–Kier alpha value is -2.57. The minimum absolute atomic E-state index is 0.0294. The van der Waals surface area contributed by atoms with Gasteiger partial charge in [-0.05, 0) is 90.7 Å². The molecule has 3 amide bonds. The van der Waals surface area contributed by atoms with Crippen LogP contribution in [-0.4, -0.2) is 46.5 Å². The molecule has 0 spiro atoms. The molecule has 0 saturated carbocycles. The van der Waals surface area contributed by atoms with E-state index < -0.39 is 23.8 Å². The highest BCUT2D eigenvalue weighted by Gasteiger charge is 2.41. The maximum atomic E-state index is 14.6. The van der Waals surface area contributed by atoms with E-state index in [-0.39, 0.29) is 29.8 Å². The van der Waals surface area contributed by atoms with Gasteiger partial charge in [0.25, 0.3) is 0 Å². The second kappa shape index (κ2) is 16.0. The zero-order valence-electron chi connectivity index (χ0n) is 27.3. The van der Waals surface area contributed by atoms with Crippen molar-refractivity contribution < 1.29 is 19.1 Å². The third-order valence-corrected chi connectivity index (χ3v) is 7.41. The van der Waals surface area contributed by atoms with Crippen LogP contribution in [0, 0.1) is 25.7 Å². The van der Waals surface area contributed by atoms with Crippen LogP contribution < -0.4 is 10.6 Å². The van der Waals surface area contributed by atoms with Gasteiger partial charge in [-0.25, -0.2) is 4.79 Å². The van der Waals surface area contributed by atoms with Gasteiger partial charge in [0.15, 0.2) is 0 Å². The molecule has 5 atom stereocenters. The van der Waals surface area contributed by atoms with E-state index in [4.69, 9.17) is 4.74 Å². The maximum absolute atomic E-state index is 14.6. The Labute approximate surface area is 244 Å². The van der Waals surface area contributed by atoms with E-state index in [9.17, 15) is 14.4 Å². The van der Waals surface area contributed by atoms with Crippen LogP contribution in [0.25, 0.3) is 0 Å². The van der Waals surface area contributed by atoms with Crippen molar-refractivity contribution in [1.29, 1.82) is 0 Å². The number of alkyl carbamates (subject to hydrolysis) is 1. The van der Waals surface area contributed by atoms with Crippen LogP contribution in [0.1, 0.15) is 124 Å². The Morgan fingerprint density at radius 1 is 0.925 bits per heavy atom. The molecule has 0 aliphatic carbocycles. The predicted octanol–water partition coefficient (Wildman–Crippen LogP) is 7.24. The van der Waals surface area contributed by atoms with Gasteiger partial charge in [0.05, 0.1) is 0 Å². The van der Waals surface area contributed by atoms with Gasteiger partial charge < -0.3 is 20.3 Å². The van der Waals surface area contributed by atoms with Crippen LogP contribution in [0.2, 0.25) is 0 Å². The predicted molar refractivity (Wildman–Crippen MR) is 164 cm³/mol. The van der Waals surface area contributed by atoms with Gasteiger partial charge in [-0.1, -0.05) is 71.2 Å². The van der Waals surface area contributed by atoms with Gasteiger partial charge in [0.2, 0.25) is 11.8 Å². The number of hydrogen-bond donors (Lipinski definition) is 2. The minimum Gasteiger partial charge on any atom is -0.444 e. The third-order valence-electron chi connectivity index (χ3n) is 7.41. The van der Waals surface area contributed by atoms with Gasteiger partial charge in [-0.2, -0.15) is 0 Å². The molecule has 0 fully saturated rings. The summed E-state index contributed by atoms with van der Waals surface area (Å²) in [6.45, 7) is 23.7. The molecule has 1 aromatic rings. The summed E-state index contributed by atoms with van der Waals surface area (Å²) < 4.78 is 5.54. The number of aryl methyl sites for hydroxylation is 2. The summed E-state index contributed by atoms with van der Waals surface area (Å²) >= 11 is 0. The summed E-state index contributed by atoms with van der Waals surface area (Å²) in [4.78, 5) is 43.4. The van der Waals surface area contributed by atoms with Crippen LogP contribution in [0.5, 0.6) is 0 Å². The van der Waals surface area contributed by atoms with E-state index in [0.29, 0.717) is 12.3 Å². The van der Waals surface area contributed by atoms with E-state index in [0.717, 1.165) is 42.4 Å². The SMILES string of the molecule is CCCC(C)NC(=O)C(c1cc(C)ccc1C)N(C(=O)C(NC(=O)OC(C)(C)C)C(C)CC)C(C)CCC(C)C. The maximum Gasteiger partial charge on any atom is 0.408 e. The largest absolute Gasteiger partial charge is 0.444 e. The molecule has 0 saturated heterocycles. The first-order valence-electron chi connectivity index (χ1n) is 15.2. The van der Waals surface area contributed by atoms with E-state index in [1.807, 2.05) is 59.7 Å². The normalized spacial score (nSPS) is 15.5. The van der Waals surface area contributed by atoms with Gasteiger partial charge in [0, 0.05) is 12.1 Å². The lowest BCUT2D eigenvalue weighted by molar-refractivity contribution is -0.146. The molecule has 0 radical (unpaired) electrons. The zero-order valence-corrected chi connectivity index (χ0v) is 27.3. The number of carbonyl (C=O) groups is 3. The van der Waals surface area contributed by atoms with Crippen LogP contribution in [-0.2, 0) is 14.3 Å². The van der Waals surface area contributed by atoms with Crippen molar-refractivity contribution in [2.24, 2.45) is 11.8 Å². The molecule has 0 heterocycles. The van der Waals surface area contributed by atoms with Crippen molar-refractivity contribution >= 4 is 17.9 Å². The number of nitrogens with zero attached hydrogens (tertiary/aromatic N) is 1. The van der Waals surface area contributed by atoms with Crippen molar-refractivity contribution in [3.8, 4) is 0 Å². The first kappa shape index (κ1) is 35.5. The molecule has 7 heteroatoms. The fraction of sp³-hybridized carbons (Fsp3) is 0.727. The molecular formula is C33H57N3O4. The molecule has 1 aromatic carbocycles.